The highest BCUT2D eigenvalue weighted by molar-refractivity contribution is 5.89. The first-order valence-electron chi connectivity index (χ1n) is 10.00. The molecule has 0 spiro atoms. The van der Waals surface area contributed by atoms with Crippen LogP contribution in [0.25, 0.3) is 0 Å². The highest BCUT2D eigenvalue weighted by Crippen LogP contribution is 2.21. The van der Waals surface area contributed by atoms with Gasteiger partial charge in [0.1, 0.15) is 0 Å². The number of urea groups is 1. The Kier molecular flexibility index (Phi) is 7.22. The van der Waals surface area contributed by atoms with E-state index >= 15 is 0 Å². The van der Waals surface area contributed by atoms with Crippen LogP contribution in [0.5, 0.6) is 0 Å². The number of likely N-dealkylation sites (tertiary alicyclic amines) is 1. The fourth-order valence-electron chi connectivity index (χ4n) is 3.62. The lowest BCUT2D eigenvalue weighted by Gasteiger charge is -2.38. The van der Waals surface area contributed by atoms with E-state index in [4.69, 9.17) is 0 Å². The van der Waals surface area contributed by atoms with Crippen molar-refractivity contribution >= 4 is 11.7 Å². The zero-order chi connectivity index (χ0) is 18.9. The van der Waals surface area contributed by atoms with Crippen molar-refractivity contribution in [2.24, 2.45) is 0 Å². The van der Waals surface area contributed by atoms with Crippen LogP contribution in [0.3, 0.4) is 0 Å². The van der Waals surface area contributed by atoms with Gasteiger partial charge in [0.2, 0.25) is 0 Å². The number of amides is 2. The molecule has 0 atom stereocenters. The first-order chi connectivity index (χ1) is 13.3. The minimum Gasteiger partial charge on any atom is -0.317 e. The molecule has 0 bridgehead atoms. The molecule has 3 rings (SSSR count). The minimum atomic E-state index is -0.0427. The summed E-state index contributed by atoms with van der Waals surface area (Å²) in [5.74, 6) is 0. The van der Waals surface area contributed by atoms with E-state index in [2.05, 4.69) is 34.3 Å². The van der Waals surface area contributed by atoms with E-state index in [1.807, 2.05) is 35.2 Å². The van der Waals surface area contributed by atoms with Crippen LogP contribution >= 0.6 is 0 Å². The maximum Gasteiger partial charge on any atom is 0.322 e. The van der Waals surface area contributed by atoms with E-state index in [1.54, 1.807) is 12.4 Å². The van der Waals surface area contributed by atoms with Crippen LogP contribution in [0.2, 0.25) is 0 Å². The minimum absolute atomic E-state index is 0.0427. The van der Waals surface area contributed by atoms with Crippen molar-refractivity contribution in [3.05, 3.63) is 60.4 Å². The number of piperidine rings is 1. The molecule has 2 amide bonds. The predicted molar refractivity (Wildman–Crippen MR) is 110 cm³/mol. The molecule has 1 aromatic carbocycles. The maximum absolute atomic E-state index is 13.0. The van der Waals surface area contributed by atoms with Gasteiger partial charge in [-0.3, -0.25) is 4.98 Å². The summed E-state index contributed by atoms with van der Waals surface area (Å²) in [7, 11) is 0. The quantitative estimate of drug-likeness (QED) is 0.791. The lowest BCUT2D eigenvalue weighted by Crippen LogP contribution is -2.48. The van der Waals surface area contributed by atoms with Gasteiger partial charge in [0.25, 0.3) is 0 Å². The summed E-state index contributed by atoms with van der Waals surface area (Å²) >= 11 is 0. The van der Waals surface area contributed by atoms with Crippen molar-refractivity contribution in [2.75, 3.05) is 25.0 Å². The zero-order valence-electron chi connectivity index (χ0n) is 16.2. The number of aromatic nitrogens is 1. The Morgan fingerprint density at radius 1 is 1.19 bits per heavy atom. The number of hydrogen-bond donors (Lipinski definition) is 1. The molecule has 1 fully saturated rings. The summed E-state index contributed by atoms with van der Waals surface area (Å²) in [4.78, 5) is 21.7. The van der Waals surface area contributed by atoms with Gasteiger partial charge in [0, 0.05) is 31.9 Å². The molecule has 0 saturated carbocycles. The average molecular weight is 367 g/mol. The van der Waals surface area contributed by atoms with Crippen LogP contribution in [0, 0.1) is 0 Å². The van der Waals surface area contributed by atoms with Crippen molar-refractivity contribution < 1.29 is 4.79 Å². The molecule has 2 aromatic rings. The molecule has 2 heterocycles. The molecule has 1 aliphatic heterocycles. The smallest absolute Gasteiger partial charge is 0.317 e. The van der Waals surface area contributed by atoms with E-state index in [9.17, 15) is 4.79 Å². The van der Waals surface area contributed by atoms with Gasteiger partial charge >= 0.3 is 6.03 Å². The summed E-state index contributed by atoms with van der Waals surface area (Å²) in [6.07, 6.45) is 7.93. The Morgan fingerprint density at radius 3 is 2.63 bits per heavy atom. The van der Waals surface area contributed by atoms with Gasteiger partial charge in [-0.15, -0.1) is 0 Å². The van der Waals surface area contributed by atoms with Gasteiger partial charge < -0.3 is 15.1 Å². The number of rotatable bonds is 7. The molecular formula is C22H30N4O. The van der Waals surface area contributed by atoms with Crippen LogP contribution in [-0.4, -0.2) is 46.5 Å². The van der Waals surface area contributed by atoms with E-state index in [0.717, 1.165) is 37.2 Å². The van der Waals surface area contributed by atoms with Crippen LogP contribution < -0.4 is 5.32 Å². The van der Waals surface area contributed by atoms with Gasteiger partial charge in [0.15, 0.2) is 0 Å². The molecule has 5 heteroatoms. The van der Waals surface area contributed by atoms with E-state index in [0.29, 0.717) is 6.54 Å². The Balaban J connectivity index is 1.67. The van der Waals surface area contributed by atoms with Crippen LogP contribution in [0.4, 0.5) is 10.5 Å². The number of hydrogen-bond acceptors (Lipinski definition) is 3. The topological polar surface area (TPSA) is 48.5 Å². The maximum atomic E-state index is 13.0. The Bertz CT molecular complexity index is 684. The van der Waals surface area contributed by atoms with Crippen LogP contribution in [0.15, 0.2) is 54.9 Å². The Morgan fingerprint density at radius 2 is 1.96 bits per heavy atom. The normalized spacial score (nSPS) is 15.4. The lowest BCUT2D eigenvalue weighted by molar-refractivity contribution is 0.122. The predicted octanol–water partition coefficient (Wildman–Crippen LogP) is 4.38. The van der Waals surface area contributed by atoms with Crippen molar-refractivity contribution in [2.45, 2.75) is 45.2 Å². The highest BCUT2D eigenvalue weighted by atomic mass is 16.2. The second-order valence-electron chi connectivity index (χ2n) is 7.21. The summed E-state index contributed by atoms with van der Waals surface area (Å²) in [5.41, 5.74) is 1.90. The molecule has 1 N–H and O–H groups in total. The third kappa shape index (κ3) is 5.79. The van der Waals surface area contributed by atoms with E-state index < -0.39 is 0 Å². The third-order valence-electron chi connectivity index (χ3n) is 5.20. The fourth-order valence-corrected chi connectivity index (χ4v) is 3.62. The van der Waals surface area contributed by atoms with Crippen molar-refractivity contribution in [3.8, 4) is 0 Å². The van der Waals surface area contributed by atoms with Gasteiger partial charge in [-0.25, -0.2) is 4.79 Å². The van der Waals surface area contributed by atoms with Crippen molar-refractivity contribution in [1.82, 2.24) is 14.8 Å². The summed E-state index contributed by atoms with van der Waals surface area (Å²) in [6.45, 7) is 6.17. The largest absolute Gasteiger partial charge is 0.322 e. The second-order valence-corrected chi connectivity index (χ2v) is 7.21. The highest BCUT2D eigenvalue weighted by Gasteiger charge is 2.28. The third-order valence-corrected chi connectivity index (χ3v) is 5.20. The molecule has 27 heavy (non-hydrogen) atoms. The number of nitrogens with zero attached hydrogens (tertiary/aromatic N) is 3. The first kappa shape index (κ1) is 19.4. The van der Waals surface area contributed by atoms with Crippen LogP contribution in [0.1, 0.15) is 38.2 Å². The Labute approximate surface area is 162 Å². The molecule has 0 aliphatic carbocycles. The van der Waals surface area contributed by atoms with E-state index in [-0.39, 0.29) is 12.1 Å². The zero-order valence-corrected chi connectivity index (χ0v) is 16.2. The van der Waals surface area contributed by atoms with Crippen LogP contribution in [-0.2, 0) is 6.54 Å². The molecular weight excluding hydrogens is 336 g/mol. The van der Waals surface area contributed by atoms with Gasteiger partial charge in [0.05, 0.1) is 11.9 Å². The first-order valence-corrected chi connectivity index (χ1v) is 10.00. The van der Waals surface area contributed by atoms with Gasteiger partial charge in [-0.2, -0.15) is 0 Å². The molecule has 0 radical (unpaired) electrons. The molecule has 1 saturated heterocycles. The number of pyridine rings is 1. The number of nitrogens with one attached hydrogen (secondary N) is 1. The summed E-state index contributed by atoms with van der Waals surface area (Å²) in [6, 6.07) is 14.2. The number of carbonyl (C=O) groups is 1. The fraction of sp³-hybridized carbons (Fsp3) is 0.455. The van der Waals surface area contributed by atoms with Crippen molar-refractivity contribution in [3.63, 3.8) is 0 Å². The molecule has 5 nitrogen and oxygen atoms in total. The summed E-state index contributed by atoms with van der Waals surface area (Å²) < 4.78 is 0. The number of carbonyl (C=O) groups excluding carboxylic acids is 1. The van der Waals surface area contributed by atoms with Gasteiger partial charge in [-0.05, 0) is 43.5 Å². The number of benzene rings is 1. The monoisotopic (exact) mass is 366 g/mol. The SMILES string of the molecule is CCCCN1CCC(N(Cc2ccccc2)C(=O)Nc2cccnc2)CC1. The average Bonchev–Trinajstić information content (AvgIpc) is 2.72. The number of unbranched alkanes of at least 4 members (excludes halogenated alkanes) is 1. The standard InChI is InChI=1S/C22H30N4O/c1-2-3-14-25-15-11-21(12-16-25)26(18-19-8-5-4-6-9-19)22(27)24-20-10-7-13-23-17-20/h4-10,13,17,21H,2-3,11-12,14-16,18H2,1H3,(H,24,27). The van der Waals surface area contributed by atoms with Gasteiger partial charge in [-0.1, -0.05) is 43.7 Å². The molecule has 0 unspecified atom stereocenters. The van der Waals surface area contributed by atoms with Crippen molar-refractivity contribution in [1.29, 1.82) is 0 Å². The number of anilines is 1. The molecule has 144 valence electrons. The second kappa shape index (κ2) is 10.1. The molecule has 1 aromatic heterocycles. The Hall–Kier alpha value is -2.40. The lowest BCUT2D eigenvalue weighted by atomic mass is 10.0. The van der Waals surface area contributed by atoms with E-state index in [1.165, 1.54) is 19.4 Å². The molecule has 1 aliphatic rings. The summed E-state index contributed by atoms with van der Waals surface area (Å²) in [5, 5.41) is 3.02.